The summed E-state index contributed by atoms with van der Waals surface area (Å²) in [5.74, 6) is 0.946. The van der Waals surface area contributed by atoms with Crippen LogP contribution in [0.3, 0.4) is 0 Å². The summed E-state index contributed by atoms with van der Waals surface area (Å²) in [5.41, 5.74) is 8.28. The smallest absolute Gasteiger partial charge is 0.167 e. The van der Waals surface area contributed by atoms with E-state index in [0.717, 1.165) is 73.5 Å². The Labute approximate surface area is 187 Å². The SMILES string of the molecule is NC1CCC(C2=CC=CN(CCc3nnc(-c4cncc(N5CCCC5)n4)s3)C2)NC1. The van der Waals surface area contributed by atoms with Gasteiger partial charge in [-0.25, -0.2) is 4.98 Å². The largest absolute Gasteiger partial charge is 0.373 e. The minimum absolute atomic E-state index is 0.291. The number of hydrogen-bond acceptors (Lipinski definition) is 9. The molecule has 0 bridgehead atoms. The molecule has 0 aliphatic carbocycles. The van der Waals surface area contributed by atoms with Crippen LogP contribution < -0.4 is 16.0 Å². The molecule has 5 heterocycles. The highest BCUT2D eigenvalue weighted by Gasteiger charge is 2.23. The van der Waals surface area contributed by atoms with Gasteiger partial charge in [0.1, 0.15) is 16.5 Å². The summed E-state index contributed by atoms with van der Waals surface area (Å²) in [6, 6.07) is 0.737. The standard InChI is InChI=1S/C22H30N8S/c23-17-5-6-18(25-12-17)16-4-3-8-29(15-16)11-7-21-27-28-22(31-21)19-13-24-14-20(26-19)30-9-1-2-10-30/h3-4,8,13-14,17-18,25H,1-2,5-7,9-12,15,23H2. The Hall–Kier alpha value is -2.36. The van der Waals surface area contributed by atoms with E-state index in [1.165, 1.54) is 18.4 Å². The van der Waals surface area contributed by atoms with Gasteiger partial charge in [-0.05, 0) is 43.5 Å². The Balaban J connectivity index is 1.17. The molecule has 31 heavy (non-hydrogen) atoms. The summed E-state index contributed by atoms with van der Waals surface area (Å²) < 4.78 is 0. The molecule has 2 saturated heterocycles. The summed E-state index contributed by atoms with van der Waals surface area (Å²) in [5, 5.41) is 14.3. The number of allylic oxidation sites excluding steroid dienone is 2. The van der Waals surface area contributed by atoms with Crippen LogP contribution in [0.1, 0.15) is 30.7 Å². The van der Waals surface area contributed by atoms with Crippen molar-refractivity contribution in [1.82, 2.24) is 30.4 Å². The zero-order valence-corrected chi connectivity index (χ0v) is 18.6. The van der Waals surface area contributed by atoms with E-state index >= 15 is 0 Å². The third-order valence-electron chi connectivity index (χ3n) is 6.24. The van der Waals surface area contributed by atoms with Gasteiger partial charge in [-0.3, -0.25) is 4.98 Å². The lowest BCUT2D eigenvalue weighted by atomic mass is 9.94. The molecule has 0 radical (unpaired) electrons. The molecule has 2 aromatic heterocycles. The Bertz CT molecular complexity index is 940. The maximum Gasteiger partial charge on any atom is 0.167 e. The van der Waals surface area contributed by atoms with Crippen LogP contribution in [0, 0.1) is 0 Å². The molecular weight excluding hydrogens is 408 g/mol. The first-order valence-electron chi connectivity index (χ1n) is 11.2. The third-order valence-corrected chi connectivity index (χ3v) is 7.25. The van der Waals surface area contributed by atoms with Gasteiger partial charge in [0.2, 0.25) is 0 Å². The first-order chi connectivity index (χ1) is 15.2. The lowest BCUT2D eigenvalue weighted by Gasteiger charge is -2.33. The highest BCUT2D eigenvalue weighted by Crippen LogP contribution is 2.25. The molecule has 3 N–H and O–H groups in total. The van der Waals surface area contributed by atoms with E-state index in [1.807, 2.05) is 6.20 Å². The minimum atomic E-state index is 0.291. The van der Waals surface area contributed by atoms with Crippen LogP contribution in [0.4, 0.5) is 5.82 Å². The maximum absolute atomic E-state index is 6.02. The maximum atomic E-state index is 6.02. The van der Waals surface area contributed by atoms with E-state index in [0.29, 0.717) is 12.1 Å². The fourth-order valence-corrected chi connectivity index (χ4v) is 5.24. The number of nitrogens with two attached hydrogens (primary N) is 1. The highest BCUT2D eigenvalue weighted by molar-refractivity contribution is 7.14. The zero-order chi connectivity index (χ0) is 21.0. The van der Waals surface area contributed by atoms with Crippen LogP contribution in [-0.4, -0.2) is 69.9 Å². The summed E-state index contributed by atoms with van der Waals surface area (Å²) in [6.45, 7) is 4.90. The van der Waals surface area contributed by atoms with Gasteiger partial charge in [-0.1, -0.05) is 17.4 Å². The molecular formula is C22H30N8S. The van der Waals surface area contributed by atoms with Gasteiger partial charge in [0.05, 0.1) is 12.4 Å². The van der Waals surface area contributed by atoms with Gasteiger partial charge in [0, 0.05) is 51.2 Å². The van der Waals surface area contributed by atoms with Crippen LogP contribution in [0.15, 0.2) is 36.3 Å². The van der Waals surface area contributed by atoms with Crippen molar-refractivity contribution in [2.75, 3.05) is 37.6 Å². The number of piperidine rings is 1. The highest BCUT2D eigenvalue weighted by atomic mass is 32.1. The fraction of sp³-hybridized carbons (Fsp3) is 0.545. The van der Waals surface area contributed by atoms with Gasteiger partial charge in [0.15, 0.2) is 5.01 Å². The van der Waals surface area contributed by atoms with E-state index in [1.54, 1.807) is 17.5 Å². The number of anilines is 1. The second-order valence-electron chi connectivity index (χ2n) is 8.56. The molecule has 2 fully saturated rings. The summed E-state index contributed by atoms with van der Waals surface area (Å²) >= 11 is 1.62. The second kappa shape index (κ2) is 9.42. The van der Waals surface area contributed by atoms with E-state index in [2.05, 4.69) is 48.6 Å². The molecule has 3 aliphatic heterocycles. The monoisotopic (exact) mass is 438 g/mol. The predicted octanol–water partition coefficient (Wildman–Crippen LogP) is 1.97. The van der Waals surface area contributed by atoms with Crippen molar-refractivity contribution in [3.63, 3.8) is 0 Å². The third kappa shape index (κ3) is 4.94. The predicted molar refractivity (Wildman–Crippen MR) is 124 cm³/mol. The number of rotatable bonds is 6. The Morgan fingerprint density at radius 3 is 2.90 bits per heavy atom. The van der Waals surface area contributed by atoms with Crippen molar-refractivity contribution in [2.24, 2.45) is 5.73 Å². The van der Waals surface area contributed by atoms with Crippen molar-refractivity contribution >= 4 is 17.2 Å². The van der Waals surface area contributed by atoms with Gasteiger partial charge >= 0.3 is 0 Å². The lowest BCUT2D eigenvalue weighted by Crippen LogP contribution is -2.47. The normalized spacial score (nSPS) is 24.0. The molecule has 2 unspecified atom stereocenters. The van der Waals surface area contributed by atoms with Gasteiger partial charge in [0.25, 0.3) is 0 Å². The molecule has 2 atom stereocenters. The Morgan fingerprint density at radius 2 is 2.06 bits per heavy atom. The van der Waals surface area contributed by atoms with Gasteiger partial charge < -0.3 is 20.9 Å². The van der Waals surface area contributed by atoms with Crippen LogP contribution in [0.2, 0.25) is 0 Å². The van der Waals surface area contributed by atoms with Crippen molar-refractivity contribution in [1.29, 1.82) is 0 Å². The average molecular weight is 439 g/mol. The molecule has 9 heteroatoms. The molecule has 0 spiro atoms. The van der Waals surface area contributed by atoms with E-state index in [9.17, 15) is 0 Å². The number of nitrogens with one attached hydrogen (secondary N) is 1. The van der Waals surface area contributed by atoms with Crippen LogP contribution in [-0.2, 0) is 6.42 Å². The van der Waals surface area contributed by atoms with Crippen molar-refractivity contribution < 1.29 is 0 Å². The molecule has 3 aliphatic rings. The van der Waals surface area contributed by atoms with E-state index in [-0.39, 0.29) is 0 Å². The fourth-order valence-electron chi connectivity index (χ4n) is 4.46. The molecule has 0 saturated carbocycles. The summed E-state index contributed by atoms with van der Waals surface area (Å²) in [6.07, 6.45) is 15.7. The van der Waals surface area contributed by atoms with Crippen LogP contribution in [0.5, 0.6) is 0 Å². The Kier molecular flexibility index (Phi) is 6.24. The van der Waals surface area contributed by atoms with Crippen molar-refractivity contribution in [3.05, 3.63) is 41.3 Å². The topological polar surface area (TPSA) is 96.1 Å². The van der Waals surface area contributed by atoms with Gasteiger partial charge in [-0.15, -0.1) is 10.2 Å². The Morgan fingerprint density at radius 1 is 1.16 bits per heavy atom. The zero-order valence-electron chi connectivity index (χ0n) is 17.8. The first-order valence-corrected chi connectivity index (χ1v) is 12.1. The van der Waals surface area contributed by atoms with Crippen molar-refractivity contribution in [3.8, 4) is 10.7 Å². The summed E-state index contributed by atoms with van der Waals surface area (Å²) in [7, 11) is 0. The first kappa shape index (κ1) is 20.5. The lowest BCUT2D eigenvalue weighted by molar-refractivity contribution is 0.351. The van der Waals surface area contributed by atoms with Crippen LogP contribution >= 0.6 is 11.3 Å². The molecule has 0 amide bonds. The number of nitrogens with zero attached hydrogens (tertiary/aromatic N) is 6. The van der Waals surface area contributed by atoms with Gasteiger partial charge in [-0.2, -0.15) is 0 Å². The second-order valence-corrected chi connectivity index (χ2v) is 9.62. The summed E-state index contributed by atoms with van der Waals surface area (Å²) in [4.78, 5) is 13.8. The van der Waals surface area contributed by atoms with E-state index < -0.39 is 0 Å². The molecule has 5 rings (SSSR count). The quantitative estimate of drug-likeness (QED) is 0.707. The number of aromatic nitrogens is 4. The number of hydrogen-bond donors (Lipinski definition) is 2. The molecule has 8 nitrogen and oxygen atoms in total. The molecule has 2 aromatic rings. The minimum Gasteiger partial charge on any atom is -0.373 e. The van der Waals surface area contributed by atoms with E-state index in [4.69, 9.17) is 10.7 Å². The average Bonchev–Trinajstić information content (AvgIpc) is 3.51. The van der Waals surface area contributed by atoms with Crippen LogP contribution in [0.25, 0.3) is 10.7 Å². The molecule has 0 aromatic carbocycles. The molecule has 164 valence electrons. The van der Waals surface area contributed by atoms with Crippen molar-refractivity contribution in [2.45, 2.75) is 44.2 Å².